The molecule has 5 heteroatoms. The predicted octanol–water partition coefficient (Wildman–Crippen LogP) is 2.49. The third-order valence-electron chi connectivity index (χ3n) is 4.55. The molecular formula is C16H26N4O. The van der Waals surface area contributed by atoms with E-state index >= 15 is 0 Å². The van der Waals surface area contributed by atoms with Crippen LogP contribution < -0.4 is 10.2 Å². The Morgan fingerprint density at radius 3 is 2.48 bits per heavy atom. The van der Waals surface area contributed by atoms with E-state index in [9.17, 15) is 4.79 Å². The molecular weight excluding hydrogens is 264 g/mol. The minimum Gasteiger partial charge on any atom is -0.367 e. The summed E-state index contributed by atoms with van der Waals surface area (Å²) in [5.41, 5.74) is 1.03. The van der Waals surface area contributed by atoms with Gasteiger partial charge in [-0.3, -0.25) is 4.98 Å². The SMILES string of the molecule is CCC(C)(CC)NC(=O)N1CCN(c2cccnc2)CC1. The molecule has 1 N–H and O–H groups in total. The van der Waals surface area contributed by atoms with Crippen LogP contribution in [0.3, 0.4) is 0 Å². The lowest BCUT2D eigenvalue weighted by atomic mass is 9.96. The highest BCUT2D eigenvalue weighted by molar-refractivity contribution is 5.75. The van der Waals surface area contributed by atoms with E-state index < -0.39 is 0 Å². The van der Waals surface area contributed by atoms with Crippen molar-refractivity contribution in [3.63, 3.8) is 0 Å². The van der Waals surface area contributed by atoms with Crippen LogP contribution in [0.2, 0.25) is 0 Å². The van der Waals surface area contributed by atoms with Crippen molar-refractivity contribution in [2.45, 2.75) is 39.2 Å². The van der Waals surface area contributed by atoms with Gasteiger partial charge in [0.05, 0.1) is 11.9 Å². The minimum absolute atomic E-state index is 0.0621. The lowest BCUT2D eigenvalue weighted by Gasteiger charge is -2.38. The number of nitrogens with one attached hydrogen (secondary N) is 1. The summed E-state index contributed by atoms with van der Waals surface area (Å²) in [6.07, 6.45) is 5.56. The first-order valence-electron chi connectivity index (χ1n) is 7.80. The first-order chi connectivity index (χ1) is 10.1. The van der Waals surface area contributed by atoms with Gasteiger partial charge in [0.1, 0.15) is 0 Å². The van der Waals surface area contributed by atoms with Gasteiger partial charge in [0.15, 0.2) is 0 Å². The summed E-state index contributed by atoms with van der Waals surface area (Å²) in [5.74, 6) is 0. The molecule has 0 saturated carbocycles. The van der Waals surface area contributed by atoms with Gasteiger partial charge in [-0.15, -0.1) is 0 Å². The van der Waals surface area contributed by atoms with Crippen LogP contribution in [0.1, 0.15) is 33.6 Å². The van der Waals surface area contributed by atoms with Crippen molar-refractivity contribution in [1.82, 2.24) is 15.2 Å². The molecule has 0 atom stereocenters. The summed E-state index contributed by atoms with van der Waals surface area (Å²) in [7, 11) is 0. The Morgan fingerprint density at radius 1 is 1.29 bits per heavy atom. The standard InChI is InChI=1S/C16H26N4O/c1-4-16(3,5-2)18-15(21)20-11-9-19(10-12-20)14-7-6-8-17-13-14/h6-8,13H,4-5,9-12H2,1-3H3,(H,18,21). The van der Waals surface area contributed by atoms with Gasteiger partial charge in [-0.25, -0.2) is 4.79 Å². The van der Waals surface area contributed by atoms with Gasteiger partial charge in [0.2, 0.25) is 0 Å². The molecule has 1 aliphatic heterocycles. The van der Waals surface area contributed by atoms with E-state index in [2.05, 4.69) is 42.0 Å². The number of nitrogens with zero attached hydrogens (tertiary/aromatic N) is 3. The second-order valence-corrected chi connectivity index (χ2v) is 5.88. The Balaban J connectivity index is 1.88. The smallest absolute Gasteiger partial charge is 0.317 e. The molecule has 0 spiro atoms. The first-order valence-corrected chi connectivity index (χ1v) is 7.80. The number of aromatic nitrogens is 1. The average molecular weight is 290 g/mol. The maximum absolute atomic E-state index is 12.4. The number of carbonyl (C=O) groups is 1. The summed E-state index contributed by atoms with van der Waals surface area (Å²) in [5, 5.41) is 3.17. The van der Waals surface area contributed by atoms with E-state index in [-0.39, 0.29) is 11.6 Å². The Kier molecular flexibility index (Phi) is 5.04. The molecule has 2 amide bonds. The lowest BCUT2D eigenvalue weighted by molar-refractivity contribution is 0.179. The fraction of sp³-hybridized carbons (Fsp3) is 0.625. The van der Waals surface area contributed by atoms with Gasteiger partial charge < -0.3 is 15.1 Å². The molecule has 0 aromatic carbocycles. The molecule has 0 aliphatic carbocycles. The van der Waals surface area contributed by atoms with Crippen LogP contribution >= 0.6 is 0 Å². The third-order valence-corrected chi connectivity index (χ3v) is 4.55. The van der Waals surface area contributed by atoms with Crippen LogP contribution in [0.15, 0.2) is 24.5 Å². The molecule has 116 valence electrons. The van der Waals surface area contributed by atoms with Crippen LogP contribution in [0.25, 0.3) is 0 Å². The van der Waals surface area contributed by atoms with E-state index in [1.165, 1.54) is 0 Å². The topological polar surface area (TPSA) is 48.5 Å². The van der Waals surface area contributed by atoms with Crippen LogP contribution in [0.5, 0.6) is 0 Å². The second kappa shape index (κ2) is 6.78. The molecule has 1 fully saturated rings. The number of piperazine rings is 1. The first kappa shape index (κ1) is 15.6. The van der Waals surface area contributed by atoms with Crippen molar-refractivity contribution in [3.05, 3.63) is 24.5 Å². The Hall–Kier alpha value is -1.78. The lowest BCUT2D eigenvalue weighted by Crippen LogP contribution is -2.56. The largest absolute Gasteiger partial charge is 0.367 e. The number of hydrogen-bond acceptors (Lipinski definition) is 3. The normalized spacial score (nSPS) is 16.0. The molecule has 1 saturated heterocycles. The summed E-state index contributed by atoms with van der Waals surface area (Å²) >= 11 is 0. The minimum atomic E-state index is -0.0996. The highest BCUT2D eigenvalue weighted by atomic mass is 16.2. The van der Waals surface area contributed by atoms with Crippen LogP contribution in [-0.4, -0.2) is 47.6 Å². The number of carbonyl (C=O) groups excluding carboxylic acids is 1. The number of urea groups is 1. The quantitative estimate of drug-likeness (QED) is 0.927. The summed E-state index contributed by atoms with van der Waals surface area (Å²) in [6, 6.07) is 4.07. The molecule has 0 radical (unpaired) electrons. The molecule has 0 unspecified atom stereocenters. The molecule has 2 heterocycles. The Bertz CT molecular complexity index is 451. The zero-order chi connectivity index (χ0) is 15.3. The zero-order valence-corrected chi connectivity index (χ0v) is 13.3. The predicted molar refractivity (Wildman–Crippen MR) is 85.5 cm³/mol. The third kappa shape index (κ3) is 3.86. The van der Waals surface area contributed by atoms with Crippen LogP contribution in [0.4, 0.5) is 10.5 Å². The summed E-state index contributed by atoms with van der Waals surface area (Å²) < 4.78 is 0. The molecule has 0 bridgehead atoms. The Morgan fingerprint density at radius 2 is 1.95 bits per heavy atom. The van der Waals surface area contributed by atoms with Crippen molar-refractivity contribution in [3.8, 4) is 0 Å². The van der Waals surface area contributed by atoms with Gasteiger partial charge in [0, 0.05) is 37.9 Å². The van der Waals surface area contributed by atoms with E-state index in [0.29, 0.717) is 0 Å². The van der Waals surface area contributed by atoms with Crippen molar-refractivity contribution in [2.75, 3.05) is 31.1 Å². The van der Waals surface area contributed by atoms with Crippen LogP contribution in [0, 0.1) is 0 Å². The van der Waals surface area contributed by atoms with Crippen LogP contribution in [-0.2, 0) is 0 Å². The molecule has 1 aromatic rings. The number of rotatable bonds is 4. The van der Waals surface area contributed by atoms with Gasteiger partial charge in [-0.1, -0.05) is 13.8 Å². The summed E-state index contributed by atoms with van der Waals surface area (Å²) in [4.78, 5) is 20.7. The highest BCUT2D eigenvalue weighted by Crippen LogP contribution is 2.17. The molecule has 5 nitrogen and oxygen atoms in total. The highest BCUT2D eigenvalue weighted by Gasteiger charge is 2.27. The monoisotopic (exact) mass is 290 g/mol. The average Bonchev–Trinajstić information content (AvgIpc) is 2.55. The van der Waals surface area contributed by atoms with Crippen molar-refractivity contribution < 1.29 is 4.79 Å². The summed E-state index contributed by atoms with van der Waals surface area (Å²) in [6.45, 7) is 9.56. The molecule has 21 heavy (non-hydrogen) atoms. The van der Waals surface area contributed by atoms with E-state index in [1.54, 1.807) is 6.20 Å². The number of amides is 2. The van der Waals surface area contributed by atoms with Crippen molar-refractivity contribution in [1.29, 1.82) is 0 Å². The second-order valence-electron chi connectivity index (χ2n) is 5.88. The van der Waals surface area contributed by atoms with E-state index in [0.717, 1.165) is 44.7 Å². The zero-order valence-electron chi connectivity index (χ0n) is 13.3. The van der Waals surface area contributed by atoms with Gasteiger partial charge in [-0.2, -0.15) is 0 Å². The molecule has 2 rings (SSSR count). The van der Waals surface area contributed by atoms with E-state index in [4.69, 9.17) is 0 Å². The van der Waals surface area contributed by atoms with Gasteiger partial charge in [-0.05, 0) is 31.9 Å². The van der Waals surface area contributed by atoms with Crippen molar-refractivity contribution >= 4 is 11.7 Å². The fourth-order valence-electron chi connectivity index (χ4n) is 2.47. The maximum Gasteiger partial charge on any atom is 0.317 e. The number of hydrogen-bond donors (Lipinski definition) is 1. The van der Waals surface area contributed by atoms with Gasteiger partial charge in [0.25, 0.3) is 0 Å². The fourth-order valence-corrected chi connectivity index (χ4v) is 2.47. The van der Waals surface area contributed by atoms with Crippen molar-refractivity contribution in [2.24, 2.45) is 0 Å². The maximum atomic E-state index is 12.4. The molecule has 1 aliphatic rings. The van der Waals surface area contributed by atoms with E-state index in [1.807, 2.05) is 17.2 Å². The Labute approximate surface area is 127 Å². The number of anilines is 1. The molecule has 1 aromatic heterocycles. The van der Waals surface area contributed by atoms with Gasteiger partial charge >= 0.3 is 6.03 Å². The number of pyridine rings is 1.